The summed E-state index contributed by atoms with van der Waals surface area (Å²) in [6.45, 7) is 2.06. The van der Waals surface area contributed by atoms with Crippen molar-refractivity contribution in [3.05, 3.63) is 51.7 Å². The lowest BCUT2D eigenvalue weighted by Gasteiger charge is -2.02. The van der Waals surface area contributed by atoms with E-state index in [4.69, 9.17) is 16.9 Å². The zero-order chi connectivity index (χ0) is 12.0. The number of nitriles is 1. The average Bonchev–Trinajstić information content (AvgIpc) is 2.65. The molecule has 0 radical (unpaired) electrons. The molecule has 3 heteroatoms. The highest BCUT2D eigenvalue weighted by Crippen LogP contribution is 2.37. The highest BCUT2D eigenvalue weighted by Gasteiger charge is 2.21. The van der Waals surface area contributed by atoms with Crippen LogP contribution in [-0.2, 0) is 6.42 Å². The number of benzene rings is 1. The summed E-state index contributed by atoms with van der Waals surface area (Å²) in [4.78, 5) is 4.35. The number of hydrogen-bond donors (Lipinski definition) is 0. The minimum absolute atomic E-state index is 0.292. The number of halogens is 1. The second kappa shape index (κ2) is 3.58. The Kier molecular flexibility index (Phi) is 2.17. The van der Waals surface area contributed by atoms with Gasteiger partial charge < -0.3 is 0 Å². The third kappa shape index (κ3) is 1.51. The van der Waals surface area contributed by atoms with E-state index in [-0.39, 0.29) is 0 Å². The Morgan fingerprint density at radius 1 is 1.29 bits per heavy atom. The van der Waals surface area contributed by atoms with Gasteiger partial charge in [-0.15, -0.1) is 0 Å². The van der Waals surface area contributed by atoms with Gasteiger partial charge in [-0.05, 0) is 30.2 Å². The summed E-state index contributed by atoms with van der Waals surface area (Å²) in [7, 11) is 0. The quantitative estimate of drug-likeness (QED) is 0.564. The molecule has 0 aliphatic heterocycles. The van der Waals surface area contributed by atoms with E-state index >= 15 is 0 Å². The maximum absolute atomic E-state index is 8.94. The summed E-state index contributed by atoms with van der Waals surface area (Å²) in [5, 5.41) is 9.23. The average molecular weight is 241 g/mol. The lowest BCUT2D eigenvalue weighted by atomic mass is 10.1. The van der Waals surface area contributed by atoms with E-state index in [1.165, 1.54) is 11.1 Å². The molecule has 0 saturated heterocycles. The lowest BCUT2D eigenvalue weighted by Crippen LogP contribution is -1.89. The smallest absolute Gasteiger partial charge is 0.147 e. The third-order valence-electron chi connectivity index (χ3n) is 3.08. The molecule has 0 N–H and O–H groups in total. The Morgan fingerprint density at radius 3 is 2.88 bits per heavy atom. The molecule has 1 aliphatic carbocycles. The Hall–Kier alpha value is -1.85. The first-order valence-electron chi connectivity index (χ1n) is 5.38. The number of pyridine rings is 1. The fourth-order valence-corrected chi connectivity index (χ4v) is 2.43. The van der Waals surface area contributed by atoms with E-state index in [2.05, 4.69) is 36.2 Å². The highest BCUT2D eigenvalue weighted by atomic mass is 35.5. The van der Waals surface area contributed by atoms with Crippen LogP contribution in [0, 0.1) is 18.3 Å². The van der Waals surface area contributed by atoms with Gasteiger partial charge in [-0.1, -0.05) is 29.3 Å². The van der Waals surface area contributed by atoms with E-state index in [0.717, 1.165) is 23.2 Å². The van der Waals surface area contributed by atoms with Gasteiger partial charge in [0.05, 0.1) is 11.3 Å². The van der Waals surface area contributed by atoms with Crippen LogP contribution in [0.3, 0.4) is 0 Å². The molecular weight excluding hydrogens is 232 g/mol. The van der Waals surface area contributed by atoms with Crippen LogP contribution in [0.15, 0.2) is 24.3 Å². The van der Waals surface area contributed by atoms with Crippen LogP contribution in [-0.4, -0.2) is 4.98 Å². The molecule has 0 spiro atoms. The van der Waals surface area contributed by atoms with Crippen LogP contribution in [0.2, 0.25) is 5.15 Å². The van der Waals surface area contributed by atoms with Crippen LogP contribution in [0.1, 0.15) is 22.3 Å². The summed E-state index contributed by atoms with van der Waals surface area (Å²) < 4.78 is 0. The van der Waals surface area contributed by atoms with Crippen LogP contribution in [0.4, 0.5) is 0 Å². The number of aryl methyl sites for hydroxylation is 1. The van der Waals surface area contributed by atoms with Gasteiger partial charge in [0.25, 0.3) is 0 Å². The number of hydrogen-bond acceptors (Lipinski definition) is 2. The summed E-state index contributed by atoms with van der Waals surface area (Å²) in [5.41, 5.74) is 6.07. The minimum atomic E-state index is 0.292. The fourth-order valence-electron chi connectivity index (χ4n) is 2.25. The molecule has 0 atom stereocenters. The predicted octanol–water partition coefficient (Wildman–Crippen LogP) is 3.49. The standard InChI is InChI=1S/C14H9ClN2/c1-8-2-3-9-5-10-6-11(7-16)14(15)17-13(10)12(9)4-8/h2-4,6H,5H2,1H3. The molecule has 0 amide bonds. The van der Waals surface area contributed by atoms with Crippen LogP contribution >= 0.6 is 11.6 Å². The van der Waals surface area contributed by atoms with Crippen molar-refractivity contribution in [3.63, 3.8) is 0 Å². The van der Waals surface area contributed by atoms with Gasteiger partial charge in [-0.3, -0.25) is 0 Å². The molecule has 0 saturated carbocycles. The van der Waals surface area contributed by atoms with Crippen molar-refractivity contribution in [1.29, 1.82) is 5.26 Å². The van der Waals surface area contributed by atoms with Crippen molar-refractivity contribution >= 4 is 11.6 Å². The molecule has 3 rings (SSSR count). The molecule has 2 aromatic rings. The highest BCUT2D eigenvalue weighted by molar-refractivity contribution is 6.30. The summed E-state index contributed by atoms with van der Waals surface area (Å²) in [5.74, 6) is 0. The van der Waals surface area contributed by atoms with Crippen LogP contribution in [0.25, 0.3) is 11.3 Å². The maximum Gasteiger partial charge on any atom is 0.147 e. The Morgan fingerprint density at radius 2 is 2.12 bits per heavy atom. The first-order valence-corrected chi connectivity index (χ1v) is 5.76. The Balaban J connectivity index is 2.26. The van der Waals surface area contributed by atoms with Crippen molar-refractivity contribution < 1.29 is 0 Å². The summed E-state index contributed by atoms with van der Waals surface area (Å²) in [6, 6.07) is 10.2. The van der Waals surface area contributed by atoms with Crippen molar-refractivity contribution in [3.8, 4) is 17.3 Å². The monoisotopic (exact) mass is 240 g/mol. The van der Waals surface area contributed by atoms with E-state index < -0.39 is 0 Å². The number of fused-ring (bicyclic) bond motifs is 3. The summed E-state index contributed by atoms with van der Waals surface area (Å²) in [6.07, 6.45) is 0.837. The molecule has 1 heterocycles. The van der Waals surface area contributed by atoms with Crippen molar-refractivity contribution in [2.75, 3.05) is 0 Å². The Bertz CT molecular complexity index is 669. The zero-order valence-corrected chi connectivity index (χ0v) is 10.0. The van der Waals surface area contributed by atoms with Crippen molar-refractivity contribution in [2.45, 2.75) is 13.3 Å². The first kappa shape index (κ1) is 10.3. The second-order valence-electron chi connectivity index (χ2n) is 4.28. The SMILES string of the molecule is Cc1ccc2c(c1)-c1nc(Cl)c(C#N)cc1C2. The van der Waals surface area contributed by atoms with E-state index in [1.807, 2.05) is 6.07 Å². The number of rotatable bonds is 0. The normalized spacial score (nSPS) is 11.8. The van der Waals surface area contributed by atoms with E-state index in [9.17, 15) is 0 Å². The summed E-state index contributed by atoms with van der Waals surface area (Å²) >= 11 is 5.98. The molecule has 0 unspecified atom stereocenters. The van der Waals surface area contributed by atoms with E-state index in [0.29, 0.717) is 10.7 Å². The molecule has 0 bridgehead atoms. The van der Waals surface area contributed by atoms with Gasteiger partial charge in [0, 0.05) is 12.0 Å². The first-order chi connectivity index (χ1) is 8.19. The van der Waals surface area contributed by atoms with Crippen molar-refractivity contribution in [1.82, 2.24) is 4.98 Å². The van der Waals surface area contributed by atoms with E-state index in [1.54, 1.807) is 0 Å². The van der Waals surface area contributed by atoms with Crippen LogP contribution in [0.5, 0.6) is 0 Å². The van der Waals surface area contributed by atoms with Gasteiger partial charge in [0.2, 0.25) is 0 Å². The zero-order valence-electron chi connectivity index (χ0n) is 9.29. The third-order valence-corrected chi connectivity index (χ3v) is 3.36. The van der Waals surface area contributed by atoms with Gasteiger partial charge in [-0.25, -0.2) is 4.98 Å². The molecule has 1 aliphatic rings. The minimum Gasteiger partial charge on any atom is -0.234 e. The van der Waals surface area contributed by atoms with Gasteiger partial charge in [0.15, 0.2) is 0 Å². The van der Waals surface area contributed by atoms with Gasteiger partial charge >= 0.3 is 0 Å². The topological polar surface area (TPSA) is 36.7 Å². The van der Waals surface area contributed by atoms with Crippen molar-refractivity contribution in [2.24, 2.45) is 0 Å². The lowest BCUT2D eigenvalue weighted by molar-refractivity contribution is 1.22. The van der Waals surface area contributed by atoms with Gasteiger partial charge in [0.1, 0.15) is 11.2 Å². The molecule has 0 fully saturated rings. The molecular formula is C14H9ClN2. The molecule has 17 heavy (non-hydrogen) atoms. The van der Waals surface area contributed by atoms with Gasteiger partial charge in [-0.2, -0.15) is 5.26 Å². The maximum atomic E-state index is 8.94. The second-order valence-corrected chi connectivity index (χ2v) is 4.64. The Labute approximate surface area is 104 Å². The molecule has 2 nitrogen and oxygen atoms in total. The number of aromatic nitrogens is 1. The van der Waals surface area contributed by atoms with Crippen LogP contribution < -0.4 is 0 Å². The predicted molar refractivity (Wildman–Crippen MR) is 66.9 cm³/mol. The molecule has 1 aromatic heterocycles. The molecule has 1 aromatic carbocycles. The number of nitrogens with zero attached hydrogens (tertiary/aromatic N) is 2. The largest absolute Gasteiger partial charge is 0.234 e. The molecule has 82 valence electrons. The fraction of sp³-hybridized carbons (Fsp3) is 0.143.